The summed E-state index contributed by atoms with van der Waals surface area (Å²) in [7, 11) is 0. The lowest BCUT2D eigenvalue weighted by molar-refractivity contribution is -0.164. The summed E-state index contributed by atoms with van der Waals surface area (Å²) in [4.78, 5) is 0. The lowest BCUT2D eigenvalue weighted by Gasteiger charge is -2.55. The average molecular weight is 300 g/mol. The first-order chi connectivity index (χ1) is 10.6. The van der Waals surface area contributed by atoms with E-state index in [0.717, 1.165) is 12.8 Å². The quantitative estimate of drug-likeness (QED) is 0.856. The van der Waals surface area contributed by atoms with Gasteiger partial charge in [0.2, 0.25) is 0 Å². The smallest absolute Gasteiger partial charge is 0.0646 e. The van der Waals surface area contributed by atoms with E-state index in [-0.39, 0.29) is 18.1 Å². The van der Waals surface area contributed by atoms with E-state index in [1.165, 1.54) is 11.1 Å². The summed E-state index contributed by atoms with van der Waals surface area (Å²) < 4.78 is 6.27. The van der Waals surface area contributed by atoms with Gasteiger partial charge in [0.05, 0.1) is 19.3 Å². The van der Waals surface area contributed by atoms with E-state index >= 15 is 0 Å². The van der Waals surface area contributed by atoms with Gasteiger partial charge in [-0.3, -0.25) is 0 Å². The van der Waals surface area contributed by atoms with Crippen LogP contribution in [0.15, 0.2) is 42.0 Å². The number of aryl methyl sites for hydroxylation is 1. The van der Waals surface area contributed by atoms with Crippen molar-refractivity contribution in [2.75, 3.05) is 13.2 Å². The first-order valence-electron chi connectivity index (χ1n) is 8.53. The monoisotopic (exact) mass is 300 g/mol. The number of fused-ring (bicyclic) bond motifs is 2. The first-order valence-corrected chi connectivity index (χ1v) is 8.53. The lowest BCUT2D eigenvalue weighted by atomic mass is 9.56. The average Bonchev–Trinajstić information content (AvgIpc) is 2.52. The number of hydrogen-bond donors (Lipinski definition) is 1. The van der Waals surface area contributed by atoms with Gasteiger partial charge in [0.1, 0.15) is 0 Å². The van der Waals surface area contributed by atoms with Gasteiger partial charge in [-0.1, -0.05) is 55.8 Å². The number of hydrogen-bond acceptors (Lipinski definition) is 2. The van der Waals surface area contributed by atoms with E-state index in [1.807, 2.05) is 0 Å². The van der Waals surface area contributed by atoms with Crippen molar-refractivity contribution in [1.29, 1.82) is 0 Å². The number of aliphatic hydroxyl groups excluding tert-OH is 1. The SMILES string of the molecule is CC1=C[C@H](C)[C@@]2(CO)CO[C@@H](CCc3ccccc3)[C@@H]1[C@@H]2C. The molecule has 2 bridgehead atoms. The van der Waals surface area contributed by atoms with Crippen LogP contribution in [0.4, 0.5) is 0 Å². The second-order valence-electron chi connectivity index (χ2n) is 7.28. The summed E-state index contributed by atoms with van der Waals surface area (Å²) in [5, 5.41) is 10.0. The van der Waals surface area contributed by atoms with Crippen molar-refractivity contribution in [2.45, 2.75) is 39.7 Å². The Labute approximate surface area is 134 Å². The largest absolute Gasteiger partial charge is 0.396 e. The van der Waals surface area contributed by atoms with Crippen LogP contribution in [0.3, 0.4) is 0 Å². The molecule has 120 valence electrons. The van der Waals surface area contributed by atoms with Crippen LogP contribution in [-0.2, 0) is 11.2 Å². The predicted molar refractivity (Wildman–Crippen MR) is 89.6 cm³/mol. The van der Waals surface area contributed by atoms with E-state index in [1.54, 1.807) is 0 Å². The van der Waals surface area contributed by atoms with E-state index in [0.29, 0.717) is 24.4 Å². The van der Waals surface area contributed by atoms with Crippen LogP contribution in [0, 0.1) is 23.2 Å². The zero-order valence-corrected chi connectivity index (χ0v) is 14.0. The maximum atomic E-state index is 10.0. The molecule has 0 aromatic heterocycles. The van der Waals surface area contributed by atoms with E-state index in [9.17, 15) is 5.11 Å². The van der Waals surface area contributed by atoms with Gasteiger partial charge in [0.15, 0.2) is 0 Å². The van der Waals surface area contributed by atoms with Crippen LogP contribution in [0.25, 0.3) is 0 Å². The minimum atomic E-state index is -0.0899. The molecule has 2 aliphatic rings. The third kappa shape index (κ3) is 2.53. The molecule has 1 saturated heterocycles. The third-order valence-corrected chi connectivity index (χ3v) is 6.21. The van der Waals surface area contributed by atoms with Gasteiger partial charge < -0.3 is 9.84 Å². The molecule has 1 aliphatic carbocycles. The maximum Gasteiger partial charge on any atom is 0.0646 e. The third-order valence-electron chi connectivity index (χ3n) is 6.21. The summed E-state index contributed by atoms with van der Waals surface area (Å²) in [6, 6.07) is 10.6. The molecule has 1 aromatic carbocycles. The Morgan fingerprint density at radius 3 is 2.64 bits per heavy atom. The minimum absolute atomic E-state index is 0.0899. The molecule has 0 saturated carbocycles. The Hall–Kier alpha value is -1.12. The molecule has 2 nitrogen and oxygen atoms in total. The van der Waals surface area contributed by atoms with Gasteiger partial charge in [-0.25, -0.2) is 0 Å². The van der Waals surface area contributed by atoms with Crippen molar-refractivity contribution in [3.63, 3.8) is 0 Å². The Balaban J connectivity index is 1.77. The van der Waals surface area contributed by atoms with E-state index < -0.39 is 0 Å². The number of allylic oxidation sites excluding steroid dienone is 1. The topological polar surface area (TPSA) is 29.5 Å². The van der Waals surface area contributed by atoms with Crippen LogP contribution in [0.2, 0.25) is 0 Å². The maximum absolute atomic E-state index is 10.0. The molecule has 1 heterocycles. The number of ether oxygens (including phenoxy) is 1. The lowest BCUT2D eigenvalue weighted by Crippen LogP contribution is -2.56. The molecule has 0 radical (unpaired) electrons. The summed E-state index contributed by atoms with van der Waals surface area (Å²) in [5.41, 5.74) is 2.73. The Bertz CT molecular complexity index is 536. The molecule has 0 spiro atoms. The molecule has 22 heavy (non-hydrogen) atoms. The van der Waals surface area contributed by atoms with Crippen molar-refractivity contribution in [3.8, 4) is 0 Å². The van der Waals surface area contributed by atoms with Gasteiger partial charge in [0, 0.05) is 11.3 Å². The molecule has 0 unspecified atom stereocenters. The summed E-state index contributed by atoms with van der Waals surface area (Å²) in [6.45, 7) is 7.68. The van der Waals surface area contributed by atoms with Crippen LogP contribution in [0.1, 0.15) is 32.8 Å². The zero-order chi connectivity index (χ0) is 15.7. The van der Waals surface area contributed by atoms with Gasteiger partial charge >= 0.3 is 0 Å². The van der Waals surface area contributed by atoms with Crippen LogP contribution < -0.4 is 0 Å². The van der Waals surface area contributed by atoms with Crippen molar-refractivity contribution in [1.82, 2.24) is 0 Å². The van der Waals surface area contributed by atoms with E-state index in [4.69, 9.17) is 4.74 Å². The van der Waals surface area contributed by atoms with Crippen molar-refractivity contribution >= 4 is 0 Å². The highest BCUT2D eigenvalue weighted by Crippen LogP contribution is 2.52. The first kappa shape index (κ1) is 15.8. The highest BCUT2D eigenvalue weighted by atomic mass is 16.5. The predicted octanol–water partition coefficient (Wildman–Crippen LogP) is 3.85. The fraction of sp³-hybridized carbons (Fsp3) is 0.600. The number of rotatable bonds is 4. The molecular weight excluding hydrogens is 272 g/mol. The van der Waals surface area contributed by atoms with Crippen molar-refractivity contribution in [2.24, 2.45) is 23.2 Å². The summed E-state index contributed by atoms with van der Waals surface area (Å²) >= 11 is 0. The Morgan fingerprint density at radius 2 is 1.95 bits per heavy atom. The van der Waals surface area contributed by atoms with Crippen LogP contribution in [0.5, 0.6) is 0 Å². The second-order valence-corrected chi connectivity index (χ2v) is 7.28. The normalized spacial score (nSPS) is 37.7. The molecule has 2 heteroatoms. The molecule has 1 N–H and O–H groups in total. The van der Waals surface area contributed by atoms with Gasteiger partial charge in [0.25, 0.3) is 0 Å². The zero-order valence-electron chi connectivity index (χ0n) is 14.0. The van der Waals surface area contributed by atoms with Gasteiger partial charge in [-0.2, -0.15) is 0 Å². The fourth-order valence-electron chi connectivity index (χ4n) is 4.63. The molecule has 0 amide bonds. The number of aliphatic hydroxyl groups is 1. The highest BCUT2D eigenvalue weighted by molar-refractivity contribution is 5.21. The fourth-order valence-corrected chi connectivity index (χ4v) is 4.63. The Kier molecular flexibility index (Phi) is 4.42. The minimum Gasteiger partial charge on any atom is -0.396 e. The molecule has 3 rings (SSSR count). The highest BCUT2D eigenvalue weighted by Gasteiger charge is 2.52. The van der Waals surface area contributed by atoms with Gasteiger partial charge in [-0.15, -0.1) is 0 Å². The Morgan fingerprint density at radius 1 is 1.23 bits per heavy atom. The van der Waals surface area contributed by atoms with E-state index in [2.05, 4.69) is 57.2 Å². The standard InChI is InChI=1S/C20H28O2/c1-14-11-15(2)20(12-21)13-22-18(19(14)16(20)3)10-9-17-7-5-4-6-8-17/h4-8,11,15-16,18-19,21H,9-10,12-13H2,1-3H3/t15-,16-,18-,19-,20+/m0/s1. The van der Waals surface area contributed by atoms with Crippen LogP contribution in [-0.4, -0.2) is 24.4 Å². The number of benzene rings is 1. The van der Waals surface area contributed by atoms with Crippen molar-refractivity contribution < 1.29 is 9.84 Å². The molecule has 5 atom stereocenters. The van der Waals surface area contributed by atoms with Gasteiger partial charge in [-0.05, 0) is 37.2 Å². The molecule has 1 aromatic rings. The molecule has 1 fully saturated rings. The summed E-state index contributed by atoms with van der Waals surface area (Å²) in [6.07, 6.45) is 4.77. The second kappa shape index (κ2) is 6.17. The molecular formula is C20H28O2. The van der Waals surface area contributed by atoms with Crippen LogP contribution >= 0.6 is 0 Å². The summed E-state index contributed by atoms with van der Waals surface area (Å²) in [5.74, 6) is 1.31. The van der Waals surface area contributed by atoms with Crippen molar-refractivity contribution in [3.05, 3.63) is 47.5 Å². The molecule has 1 aliphatic heterocycles.